The van der Waals surface area contributed by atoms with Gasteiger partial charge in [0.05, 0.1) is 6.10 Å². The lowest BCUT2D eigenvalue weighted by atomic mass is 10.0. The molecule has 1 unspecified atom stereocenters. The first-order valence-electron chi connectivity index (χ1n) is 5.54. The summed E-state index contributed by atoms with van der Waals surface area (Å²) in [7, 11) is 0. The third kappa shape index (κ3) is 3.12. The number of halogens is 4. The number of aliphatic hydroxyl groups is 1. The highest BCUT2D eigenvalue weighted by Crippen LogP contribution is 2.22. The lowest BCUT2D eigenvalue weighted by Crippen LogP contribution is -2.04. The number of hydrogen-bond acceptors (Lipinski definition) is 1. The van der Waals surface area contributed by atoms with Gasteiger partial charge >= 0.3 is 0 Å². The van der Waals surface area contributed by atoms with Crippen molar-refractivity contribution in [2.24, 2.45) is 0 Å². The summed E-state index contributed by atoms with van der Waals surface area (Å²) in [5.74, 6) is -3.62. The highest BCUT2D eigenvalue weighted by Gasteiger charge is 2.14. The molecule has 100 valence electrons. The Bertz CT molecular complexity index is 598. The van der Waals surface area contributed by atoms with Gasteiger partial charge in [0.25, 0.3) is 0 Å². The molecule has 0 radical (unpaired) electrons. The van der Waals surface area contributed by atoms with Crippen molar-refractivity contribution in [2.45, 2.75) is 12.5 Å². The normalized spacial score (nSPS) is 12.5. The molecule has 0 bridgehead atoms. The predicted octanol–water partition coefficient (Wildman–Crippen LogP) is 3.52. The first kappa shape index (κ1) is 13.5. The van der Waals surface area contributed by atoms with Crippen molar-refractivity contribution in [3.05, 3.63) is 70.8 Å². The molecule has 0 fully saturated rings. The second-order valence-corrected chi connectivity index (χ2v) is 4.13. The Hall–Kier alpha value is -1.88. The number of benzene rings is 2. The van der Waals surface area contributed by atoms with Crippen molar-refractivity contribution >= 4 is 0 Å². The summed E-state index contributed by atoms with van der Waals surface area (Å²) in [5, 5.41) is 9.83. The van der Waals surface area contributed by atoms with Gasteiger partial charge in [0.2, 0.25) is 0 Å². The van der Waals surface area contributed by atoms with E-state index in [9.17, 15) is 22.7 Å². The molecule has 19 heavy (non-hydrogen) atoms. The minimum Gasteiger partial charge on any atom is -0.388 e. The average Bonchev–Trinajstić information content (AvgIpc) is 2.36. The van der Waals surface area contributed by atoms with Crippen LogP contribution >= 0.6 is 0 Å². The molecular formula is C14H10F4O. The summed E-state index contributed by atoms with van der Waals surface area (Å²) < 4.78 is 51.8. The van der Waals surface area contributed by atoms with E-state index in [2.05, 4.69) is 0 Å². The number of aliphatic hydroxyl groups excluding tert-OH is 1. The molecular weight excluding hydrogens is 260 g/mol. The van der Waals surface area contributed by atoms with Crippen LogP contribution in [0.1, 0.15) is 17.2 Å². The SMILES string of the molecule is OC(Cc1ccc(F)cc1F)c1ccc(F)c(F)c1. The highest BCUT2D eigenvalue weighted by molar-refractivity contribution is 5.25. The molecule has 2 rings (SSSR count). The molecule has 0 heterocycles. The Balaban J connectivity index is 2.20. The molecule has 1 N–H and O–H groups in total. The van der Waals surface area contributed by atoms with Crippen molar-refractivity contribution in [1.29, 1.82) is 0 Å². The monoisotopic (exact) mass is 270 g/mol. The van der Waals surface area contributed by atoms with Gasteiger partial charge in [-0.15, -0.1) is 0 Å². The van der Waals surface area contributed by atoms with Gasteiger partial charge in [0.1, 0.15) is 11.6 Å². The van der Waals surface area contributed by atoms with E-state index < -0.39 is 29.4 Å². The zero-order chi connectivity index (χ0) is 14.0. The quantitative estimate of drug-likeness (QED) is 0.846. The first-order chi connectivity index (χ1) is 8.97. The number of rotatable bonds is 3. The van der Waals surface area contributed by atoms with Crippen LogP contribution in [0.2, 0.25) is 0 Å². The van der Waals surface area contributed by atoms with Crippen LogP contribution in [0.25, 0.3) is 0 Å². The van der Waals surface area contributed by atoms with Crippen molar-refractivity contribution in [3.8, 4) is 0 Å². The third-order valence-corrected chi connectivity index (χ3v) is 2.76. The van der Waals surface area contributed by atoms with Gasteiger partial charge in [-0.25, -0.2) is 17.6 Å². The van der Waals surface area contributed by atoms with E-state index in [1.165, 1.54) is 12.1 Å². The summed E-state index contributed by atoms with van der Waals surface area (Å²) in [5.41, 5.74) is 0.223. The van der Waals surface area contributed by atoms with Crippen LogP contribution in [0.15, 0.2) is 36.4 Å². The summed E-state index contributed by atoms with van der Waals surface area (Å²) >= 11 is 0. The fraction of sp³-hybridized carbons (Fsp3) is 0.143. The van der Waals surface area contributed by atoms with Crippen LogP contribution in [0.5, 0.6) is 0 Å². The predicted molar refractivity (Wildman–Crippen MR) is 61.4 cm³/mol. The molecule has 0 spiro atoms. The maximum Gasteiger partial charge on any atom is 0.159 e. The lowest BCUT2D eigenvalue weighted by Gasteiger charge is -2.12. The summed E-state index contributed by atoms with van der Waals surface area (Å²) in [6.07, 6.45) is -1.35. The van der Waals surface area contributed by atoms with Gasteiger partial charge < -0.3 is 5.11 Å². The minimum absolute atomic E-state index is 0.0960. The maximum absolute atomic E-state index is 13.4. The maximum atomic E-state index is 13.4. The molecule has 1 nitrogen and oxygen atoms in total. The van der Waals surface area contributed by atoms with Gasteiger partial charge in [-0.05, 0) is 29.3 Å². The van der Waals surface area contributed by atoms with Gasteiger partial charge in [-0.3, -0.25) is 0 Å². The average molecular weight is 270 g/mol. The van der Waals surface area contributed by atoms with Crippen molar-refractivity contribution in [3.63, 3.8) is 0 Å². The van der Waals surface area contributed by atoms with E-state index in [0.717, 1.165) is 18.2 Å². The van der Waals surface area contributed by atoms with Gasteiger partial charge in [0, 0.05) is 12.5 Å². The smallest absolute Gasteiger partial charge is 0.159 e. The molecule has 0 amide bonds. The molecule has 1 atom stereocenters. The molecule has 0 saturated carbocycles. The Labute approximate surface area is 107 Å². The van der Waals surface area contributed by atoms with E-state index in [0.29, 0.717) is 6.07 Å². The van der Waals surface area contributed by atoms with Gasteiger partial charge in [0.15, 0.2) is 11.6 Å². The van der Waals surface area contributed by atoms with Crippen molar-refractivity contribution in [1.82, 2.24) is 0 Å². The molecule has 0 aromatic heterocycles. The van der Waals surface area contributed by atoms with Gasteiger partial charge in [-0.1, -0.05) is 12.1 Å². The molecule has 5 heteroatoms. The van der Waals surface area contributed by atoms with Crippen LogP contribution in [0.4, 0.5) is 17.6 Å². The first-order valence-corrected chi connectivity index (χ1v) is 5.54. The Kier molecular flexibility index (Phi) is 3.85. The molecule has 0 aliphatic rings. The summed E-state index contributed by atoms with van der Waals surface area (Å²) in [6.45, 7) is 0. The zero-order valence-electron chi connectivity index (χ0n) is 9.71. The molecule has 0 aliphatic carbocycles. The van der Waals surface area contributed by atoms with Crippen LogP contribution < -0.4 is 0 Å². The van der Waals surface area contributed by atoms with E-state index in [1.807, 2.05) is 0 Å². The third-order valence-electron chi connectivity index (χ3n) is 2.76. The van der Waals surface area contributed by atoms with Crippen molar-refractivity contribution < 1.29 is 22.7 Å². The fourth-order valence-electron chi connectivity index (χ4n) is 1.73. The number of hydrogen-bond donors (Lipinski definition) is 1. The standard InChI is InChI=1S/C14H10F4O/c15-10-3-1-8(12(17)7-10)6-14(19)9-2-4-11(16)13(18)5-9/h1-5,7,14,19H,6H2. The largest absolute Gasteiger partial charge is 0.388 e. The zero-order valence-corrected chi connectivity index (χ0v) is 9.71. The topological polar surface area (TPSA) is 20.2 Å². The molecule has 0 saturated heterocycles. The van der Waals surface area contributed by atoms with Crippen LogP contribution in [-0.2, 0) is 6.42 Å². The van der Waals surface area contributed by atoms with Crippen LogP contribution in [-0.4, -0.2) is 5.11 Å². The molecule has 2 aromatic carbocycles. The molecule has 0 aliphatic heterocycles. The Morgan fingerprint density at radius 1 is 0.842 bits per heavy atom. The highest BCUT2D eigenvalue weighted by atomic mass is 19.2. The molecule has 2 aromatic rings. The van der Waals surface area contributed by atoms with E-state index in [4.69, 9.17) is 0 Å². The van der Waals surface area contributed by atoms with Crippen molar-refractivity contribution in [2.75, 3.05) is 0 Å². The van der Waals surface area contributed by atoms with E-state index in [-0.39, 0.29) is 17.5 Å². The minimum atomic E-state index is -1.20. The summed E-state index contributed by atoms with van der Waals surface area (Å²) in [6, 6.07) is 5.91. The van der Waals surface area contributed by atoms with E-state index in [1.54, 1.807) is 0 Å². The fourth-order valence-corrected chi connectivity index (χ4v) is 1.73. The van der Waals surface area contributed by atoms with E-state index >= 15 is 0 Å². The summed E-state index contributed by atoms with van der Waals surface area (Å²) in [4.78, 5) is 0. The lowest BCUT2D eigenvalue weighted by molar-refractivity contribution is 0.176. The second-order valence-electron chi connectivity index (χ2n) is 4.13. The Morgan fingerprint density at radius 2 is 1.58 bits per heavy atom. The van der Waals surface area contributed by atoms with Gasteiger partial charge in [-0.2, -0.15) is 0 Å². The van der Waals surface area contributed by atoms with Crippen LogP contribution in [0.3, 0.4) is 0 Å². The second kappa shape index (κ2) is 5.40. The Morgan fingerprint density at radius 3 is 2.21 bits per heavy atom. The van der Waals surface area contributed by atoms with Crippen LogP contribution in [0, 0.1) is 23.3 Å².